The summed E-state index contributed by atoms with van der Waals surface area (Å²) >= 11 is 0. The van der Waals surface area contributed by atoms with Crippen molar-refractivity contribution < 1.29 is 9.59 Å². The van der Waals surface area contributed by atoms with E-state index in [0.29, 0.717) is 5.56 Å². The molecule has 3 aromatic carbocycles. The second-order valence-corrected chi connectivity index (χ2v) is 11.8. The lowest BCUT2D eigenvalue weighted by atomic mass is 9.75. The fourth-order valence-corrected chi connectivity index (χ4v) is 6.47. The number of para-hydroxylation sites is 2. The third-order valence-corrected chi connectivity index (χ3v) is 8.96. The number of hydrogen-bond donors (Lipinski definition) is 2. The van der Waals surface area contributed by atoms with Crippen LogP contribution in [0.15, 0.2) is 78.9 Å². The number of hydrogen-bond acceptors (Lipinski definition) is 6. The summed E-state index contributed by atoms with van der Waals surface area (Å²) in [5.74, 6) is 0.175. The van der Waals surface area contributed by atoms with E-state index in [1.165, 1.54) is 5.56 Å². The number of carbonyl (C=O) groups is 2. The topological polar surface area (TPSA) is 96.5 Å². The SMILES string of the molecule is CN1CCN(c2nc3ccccc3n2Cc2ccc([C@@H]3CCCC[C@H]3C(=O)NC(=O)[C@@H](N)c3ccccc3)cc2)CC1. The first-order chi connectivity index (χ1) is 20.5. The fourth-order valence-electron chi connectivity index (χ4n) is 6.47. The van der Waals surface area contributed by atoms with E-state index in [1.54, 1.807) is 12.1 Å². The second kappa shape index (κ2) is 12.5. The summed E-state index contributed by atoms with van der Waals surface area (Å²) in [6.45, 7) is 4.70. The molecule has 4 aromatic rings. The lowest BCUT2D eigenvalue weighted by Crippen LogP contribution is -2.45. The molecule has 1 aliphatic heterocycles. The van der Waals surface area contributed by atoms with E-state index in [-0.39, 0.29) is 17.7 Å². The summed E-state index contributed by atoms with van der Waals surface area (Å²) in [7, 11) is 2.17. The molecule has 0 radical (unpaired) electrons. The van der Waals surface area contributed by atoms with Gasteiger partial charge in [-0.1, -0.05) is 79.6 Å². The van der Waals surface area contributed by atoms with E-state index in [0.717, 1.165) is 81.0 Å². The number of nitrogens with one attached hydrogen (secondary N) is 1. The van der Waals surface area contributed by atoms with Gasteiger partial charge in [0.05, 0.1) is 17.6 Å². The van der Waals surface area contributed by atoms with Crippen molar-refractivity contribution in [3.05, 3.63) is 95.6 Å². The van der Waals surface area contributed by atoms with Crippen molar-refractivity contribution in [2.75, 3.05) is 38.1 Å². The van der Waals surface area contributed by atoms with Gasteiger partial charge >= 0.3 is 0 Å². The fraction of sp³-hybridized carbons (Fsp3) is 0.382. The Labute approximate surface area is 247 Å². The minimum absolute atomic E-state index is 0.0727. The molecular weight excluding hydrogens is 524 g/mol. The van der Waals surface area contributed by atoms with Gasteiger partial charge in [0.25, 0.3) is 0 Å². The number of fused-ring (bicyclic) bond motifs is 1. The number of nitrogens with zero attached hydrogens (tertiary/aromatic N) is 4. The number of imidazole rings is 1. The largest absolute Gasteiger partial charge is 0.340 e. The summed E-state index contributed by atoms with van der Waals surface area (Å²) in [5.41, 5.74) is 11.3. The van der Waals surface area contributed by atoms with Crippen LogP contribution in [0.25, 0.3) is 11.0 Å². The third-order valence-electron chi connectivity index (χ3n) is 8.96. The average Bonchev–Trinajstić information content (AvgIpc) is 3.40. The minimum atomic E-state index is -0.869. The normalized spacial score (nSPS) is 20.4. The second-order valence-electron chi connectivity index (χ2n) is 11.8. The van der Waals surface area contributed by atoms with Crippen molar-refractivity contribution in [2.45, 2.75) is 44.2 Å². The van der Waals surface area contributed by atoms with Crippen LogP contribution in [0.4, 0.5) is 5.95 Å². The van der Waals surface area contributed by atoms with E-state index >= 15 is 0 Å². The van der Waals surface area contributed by atoms with Crippen LogP contribution in [0.1, 0.15) is 54.3 Å². The van der Waals surface area contributed by atoms with Gasteiger partial charge in [0, 0.05) is 32.1 Å². The lowest BCUT2D eigenvalue weighted by Gasteiger charge is -2.33. The highest BCUT2D eigenvalue weighted by atomic mass is 16.2. The monoisotopic (exact) mass is 564 g/mol. The van der Waals surface area contributed by atoms with Gasteiger partial charge in [-0.3, -0.25) is 14.9 Å². The maximum absolute atomic E-state index is 13.3. The van der Waals surface area contributed by atoms with Crippen LogP contribution < -0.4 is 16.0 Å². The number of nitrogens with two attached hydrogens (primary N) is 1. The number of rotatable bonds is 7. The highest BCUT2D eigenvalue weighted by Crippen LogP contribution is 2.38. The molecule has 6 rings (SSSR count). The zero-order valence-corrected chi connectivity index (χ0v) is 24.3. The Hall–Kier alpha value is -4.01. The Bertz CT molecular complexity index is 1520. The van der Waals surface area contributed by atoms with E-state index in [9.17, 15) is 9.59 Å². The molecule has 42 heavy (non-hydrogen) atoms. The van der Waals surface area contributed by atoms with Gasteiger partial charge < -0.3 is 20.1 Å². The molecule has 3 atom stereocenters. The zero-order chi connectivity index (χ0) is 29.1. The van der Waals surface area contributed by atoms with Crippen LogP contribution in [0, 0.1) is 5.92 Å². The molecule has 0 bridgehead atoms. The molecule has 0 spiro atoms. The highest BCUT2D eigenvalue weighted by molar-refractivity contribution is 5.99. The molecule has 0 unspecified atom stereocenters. The standard InChI is InChI=1S/C34H40N6O2/c1-38-19-21-39(22-20-38)34-36-29-13-7-8-14-30(29)40(34)23-24-15-17-25(18-16-24)27-11-5-6-12-28(27)32(41)37-33(42)31(35)26-9-3-2-4-10-26/h2-4,7-10,13-18,27-28,31H,5-6,11-12,19-23,35H2,1H3,(H,37,41,42)/t27-,28+,31-/m0/s1. The zero-order valence-electron chi connectivity index (χ0n) is 24.3. The maximum Gasteiger partial charge on any atom is 0.248 e. The summed E-state index contributed by atoms with van der Waals surface area (Å²) in [4.78, 5) is 35.9. The first-order valence-corrected chi connectivity index (χ1v) is 15.1. The predicted octanol–water partition coefficient (Wildman–Crippen LogP) is 4.45. The number of amides is 2. The summed E-state index contributed by atoms with van der Waals surface area (Å²) in [5, 5.41) is 2.63. The number of carbonyl (C=O) groups excluding carboxylic acids is 2. The van der Waals surface area contributed by atoms with Crippen molar-refractivity contribution in [3.63, 3.8) is 0 Å². The van der Waals surface area contributed by atoms with Gasteiger partial charge in [-0.2, -0.15) is 0 Å². The van der Waals surface area contributed by atoms with Crippen LogP contribution in [0.2, 0.25) is 0 Å². The lowest BCUT2D eigenvalue weighted by molar-refractivity contribution is -0.134. The molecular formula is C34H40N6O2. The van der Waals surface area contributed by atoms with E-state index in [2.05, 4.69) is 69.2 Å². The van der Waals surface area contributed by atoms with Gasteiger partial charge in [-0.05, 0) is 54.6 Å². The molecule has 1 saturated heterocycles. The summed E-state index contributed by atoms with van der Waals surface area (Å²) < 4.78 is 2.33. The van der Waals surface area contributed by atoms with Crippen molar-refractivity contribution >= 4 is 28.8 Å². The van der Waals surface area contributed by atoms with Crippen LogP contribution >= 0.6 is 0 Å². The Morgan fingerprint density at radius 3 is 2.36 bits per heavy atom. The van der Waals surface area contributed by atoms with Crippen LogP contribution in [0.3, 0.4) is 0 Å². The molecule has 2 fully saturated rings. The minimum Gasteiger partial charge on any atom is -0.340 e. The number of imide groups is 1. The molecule has 1 aliphatic carbocycles. The van der Waals surface area contributed by atoms with Crippen molar-refractivity contribution in [3.8, 4) is 0 Å². The van der Waals surface area contributed by atoms with E-state index in [1.807, 2.05) is 24.3 Å². The molecule has 1 aromatic heterocycles. The summed E-state index contributed by atoms with van der Waals surface area (Å²) in [6.07, 6.45) is 3.75. The van der Waals surface area contributed by atoms with E-state index < -0.39 is 11.9 Å². The number of likely N-dealkylation sites (N-methyl/N-ethyl adjacent to an activating group) is 1. The van der Waals surface area contributed by atoms with Gasteiger partial charge in [-0.25, -0.2) is 4.98 Å². The van der Waals surface area contributed by atoms with Gasteiger partial charge in [0.15, 0.2) is 0 Å². The highest BCUT2D eigenvalue weighted by Gasteiger charge is 2.33. The molecule has 2 heterocycles. The van der Waals surface area contributed by atoms with Crippen molar-refractivity contribution in [1.29, 1.82) is 0 Å². The quantitative estimate of drug-likeness (QED) is 0.344. The number of piperazine rings is 1. The Morgan fingerprint density at radius 1 is 0.905 bits per heavy atom. The molecule has 1 saturated carbocycles. The first-order valence-electron chi connectivity index (χ1n) is 15.1. The van der Waals surface area contributed by atoms with Gasteiger partial charge in [0.2, 0.25) is 17.8 Å². The number of anilines is 1. The Morgan fingerprint density at radius 2 is 1.60 bits per heavy atom. The van der Waals surface area contributed by atoms with Crippen LogP contribution in [-0.4, -0.2) is 59.5 Å². The smallest absolute Gasteiger partial charge is 0.248 e. The molecule has 2 aliphatic rings. The number of benzene rings is 3. The van der Waals surface area contributed by atoms with Crippen molar-refractivity contribution in [1.82, 2.24) is 19.8 Å². The maximum atomic E-state index is 13.3. The van der Waals surface area contributed by atoms with Crippen molar-refractivity contribution in [2.24, 2.45) is 11.7 Å². The van der Waals surface area contributed by atoms with Crippen LogP contribution in [0.5, 0.6) is 0 Å². The third kappa shape index (κ3) is 5.96. The van der Waals surface area contributed by atoms with Gasteiger partial charge in [0.1, 0.15) is 6.04 Å². The number of aromatic nitrogens is 2. The summed E-state index contributed by atoms with van der Waals surface area (Å²) in [6, 6.07) is 25.3. The Balaban J connectivity index is 1.18. The van der Waals surface area contributed by atoms with E-state index in [4.69, 9.17) is 10.7 Å². The average molecular weight is 565 g/mol. The van der Waals surface area contributed by atoms with Gasteiger partial charge in [-0.15, -0.1) is 0 Å². The molecule has 3 N–H and O–H groups in total. The molecule has 8 nitrogen and oxygen atoms in total. The molecule has 8 heteroatoms. The molecule has 2 amide bonds. The van der Waals surface area contributed by atoms with Crippen LogP contribution in [-0.2, 0) is 16.1 Å². The molecule has 218 valence electrons. The predicted molar refractivity (Wildman–Crippen MR) is 166 cm³/mol. The Kier molecular flexibility index (Phi) is 8.35. The first kappa shape index (κ1) is 28.1.